The highest BCUT2D eigenvalue weighted by molar-refractivity contribution is 6.04. The van der Waals surface area contributed by atoms with E-state index in [1.54, 1.807) is 0 Å². The third-order valence-corrected chi connectivity index (χ3v) is 4.47. The number of pyridine rings is 2. The molecule has 0 saturated heterocycles. The van der Waals surface area contributed by atoms with Crippen LogP contribution in [-0.4, -0.2) is 9.97 Å². The summed E-state index contributed by atoms with van der Waals surface area (Å²) in [6.45, 7) is 8.91. The summed E-state index contributed by atoms with van der Waals surface area (Å²) in [6.07, 6.45) is 4.84. The van der Waals surface area contributed by atoms with Gasteiger partial charge in [0.2, 0.25) is 5.71 Å². The van der Waals surface area contributed by atoms with Crippen molar-refractivity contribution in [3.05, 3.63) is 59.9 Å². The van der Waals surface area contributed by atoms with E-state index in [4.69, 9.17) is 4.42 Å². The Bertz CT molecular complexity index is 1070. The summed E-state index contributed by atoms with van der Waals surface area (Å²) in [5.74, 6) is 0. The van der Waals surface area contributed by atoms with Crippen molar-refractivity contribution >= 4 is 22.1 Å². The van der Waals surface area contributed by atoms with Crippen LogP contribution in [0.1, 0.15) is 31.9 Å². The summed E-state index contributed by atoms with van der Waals surface area (Å²) >= 11 is 0. The van der Waals surface area contributed by atoms with Gasteiger partial charge in [0.05, 0.1) is 5.69 Å². The van der Waals surface area contributed by atoms with E-state index in [1.807, 2.05) is 30.6 Å². The zero-order chi connectivity index (χ0) is 17.6. The Hall–Kier alpha value is -2.68. The molecular formula is C22H22N2O. The maximum Gasteiger partial charge on any atom is 0.227 e. The van der Waals surface area contributed by atoms with E-state index < -0.39 is 0 Å². The Kier molecular flexibility index (Phi) is 3.60. The highest BCUT2D eigenvalue weighted by Gasteiger charge is 2.15. The predicted molar refractivity (Wildman–Crippen MR) is 103 cm³/mol. The van der Waals surface area contributed by atoms with Crippen molar-refractivity contribution in [3.8, 4) is 11.3 Å². The normalized spacial score (nSPS) is 12.2. The second-order valence-corrected chi connectivity index (χ2v) is 7.91. The number of hydrogen-bond acceptors (Lipinski definition) is 3. The van der Waals surface area contributed by atoms with E-state index in [9.17, 15) is 0 Å². The Morgan fingerprint density at radius 1 is 0.960 bits per heavy atom. The molecule has 0 unspecified atom stereocenters. The van der Waals surface area contributed by atoms with Gasteiger partial charge in [-0.05, 0) is 48.1 Å². The van der Waals surface area contributed by atoms with Crippen molar-refractivity contribution in [3.63, 3.8) is 0 Å². The maximum atomic E-state index is 5.82. The average Bonchev–Trinajstić information content (AvgIpc) is 2.93. The van der Waals surface area contributed by atoms with Crippen LogP contribution in [0.25, 0.3) is 33.3 Å². The lowest BCUT2D eigenvalue weighted by Gasteiger charge is -2.20. The highest BCUT2D eigenvalue weighted by Crippen LogP contribution is 2.31. The molecule has 3 heterocycles. The SMILES string of the molecule is Cc1cnc(-c2cnc3oc4ccccc4c3c2)cc1CC(C)(C)C. The van der Waals surface area contributed by atoms with E-state index in [2.05, 4.69) is 55.9 Å². The van der Waals surface area contributed by atoms with Crippen molar-refractivity contribution in [2.45, 2.75) is 34.1 Å². The molecule has 0 atom stereocenters. The van der Waals surface area contributed by atoms with Crippen molar-refractivity contribution in [2.24, 2.45) is 5.41 Å². The van der Waals surface area contributed by atoms with Crippen molar-refractivity contribution in [2.75, 3.05) is 0 Å². The van der Waals surface area contributed by atoms with E-state index in [0.29, 0.717) is 5.71 Å². The van der Waals surface area contributed by atoms with Crippen molar-refractivity contribution in [1.29, 1.82) is 0 Å². The van der Waals surface area contributed by atoms with E-state index in [1.165, 1.54) is 11.1 Å². The molecule has 0 amide bonds. The molecule has 0 fully saturated rings. The first-order chi connectivity index (χ1) is 11.9. The predicted octanol–water partition coefficient (Wildman–Crippen LogP) is 5.94. The summed E-state index contributed by atoms with van der Waals surface area (Å²) in [7, 11) is 0. The Labute approximate surface area is 147 Å². The minimum atomic E-state index is 0.242. The van der Waals surface area contributed by atoms with Crippen LogP contribution in [0, 0.1) is 12.3 Å². The van der Waals surface area contributed by atoms with Gasteiger partial charge >= 0.3 is 0 Å². The molecule has 0 N–H and O–H groups in total. The number of aryl methyl sites for hydroxylation is 1. The number of nitrogens with zero attached hydrogens (tertiary/aromatic N) is 2. The summed E-state index contributed by atoms with van der Waals surface area (Å²) in [5, 5.41) is 2.13. The number of fused-ring (bicyclic) bond motifs is 3. The molecule has 0 aliphatic carbocycles. The molecule has 0 aliphatic heterocycles. The number of para-hydroxylation sites is 1. The van der Waals surface area contributed by atoms with Crippen molar-refractivity contribution in [1.82, 2.24) is 9.97 Å². The largest absolute Gasteiger partial charge is 0.438 e. The third-order valence-electron chi connectivity index (χ3n) is 4.47. The fourth-order valence-electron chi connectivity index (χ4n) is 3.23. The van der Waals surface area contributed by atoms with Gasteiger partial charge in [-0.15, -0.1) is 0 Å². The van der Waals surface area contributed by atoms with Gasteiger partial charge in [0, 0.05) is 28.7 Å². The van der Waals surface area contributed by atoms with Gasteiger partial charge in [-0.25, -0.2) is 4.98 Å². The van der Waals surface area contributed by atoms with Crippen molar-refractivity contribution < 1.29 is 4.42 Å². The third kappa shape index (κ3) is 3.02. The Morgan fingerprint density at radius 3 is 2.56 bits per heavy atom. The molecule has 3 heteroatoms. The van der Waals surface area contributed by atoms with Crippen LogP contribution in [-0.2, 0) is 6.42 Å². The number of benzene rings is 1. The standard InChI is InChI=1S/C22H22N2O/c1-14-12-23-19(10-15(14)11-22(2,3)4)16-9-18-17-7-5-6-8-20(17)25-21(18)24-13-16/h5-10,12-13H,11H2,1-4H3. The molecule has 4 rings (SSSR count). The monoisotopic (exact) mass is 330 g/mol. The molecule has 3 nitrogen and oxygen atoms in total. The number of furan rings is 1. The molecule has 0 spiro atoms. The molecule has 3 aromatic heterocycles. The number of rotatable bonds is 2. The van der Waals surface area contributed by atoms with Crippen LogP contribution < -0.4 is 0 Å². The van der Waals surface area contributed by atoms with Gasteiger partial charge in [-0.1, -0.05) is 39.0 Å². The van der Waals surface area contributed by atoms with Gasteiger partial charge in [-0.2, -0.15) is 0 Å². The number of aromatic nitrogens is 2. The minimum Gasteiger partial charge on any atom is -0.438 e. The molecule has 25 heavy (non-hydrogen) atoms. The van der Waals surface area contributed by atoms with Crippen LogP contribution in [0.2, 0.25) is 0 Å². The summed E-state index contributed by atoms with van der Waals surface area (Å²) < 4.78 is 5.82. The van der Waals surface area contributed by atoms with E-state index in [0.717, 1.165) is 34.0 Å². The smallest absolute Gasteiger partial charge is 0.227 e. The van der Waals surface area contributed by atoms with E-state index >= 15 is 0 Å². The molecular weight excluding hydrogens is 308 g/mol. The summed E-state index contributed by atoms with van der Waals surface area (Å²) in [4.78, 5) is 9.15. The van der Waals surface area contributed by atoms with Gasteiger partial charge in [-0.3, -0.25) is 4.98 Å². The fraction of sp³-hybridized carbons (Fsp3) is 0.273. The lowest BCUT2D eigenvalue weighted by atomic mass is 9.86. The fourth-order valence-corrected chi connectivity index (χ4v) is 3.23. The van der Waals surface area contributed by atoms with Crippen LogP contribution in [0.15, 0.2) is 53.2 Å². The molecule has 126 valence electrons. The molecule has 0 radical (unpaired) electrons. The van der Waals surface area contributed by atoms with Gasteiger partial charge in [0.1, 0.15) is 5.58 Å². The quantitative estimate of drug-likeness (QED) is 0.456. The molecule has 0 bridgehead atoms. The second kappa shape index (κ2) is 5.69. The lowest BCUT2D eigenvalue weighted by molar-refractivity contribution is 0.410. The first-order valence-corrected chi connectivity index (χ1v) is 8.64. The van der Waals surface area contributed by atoms with Crippen LogP contribution in [0.4, 0.5) is 0 Å². The lowest BCUT2D eigenvalue weighted by Crippen LogP contribution is -2.10. The molecule has 1 aromatic carbocycles. The van der Waals surface area contributed by atoms with Crippen LogP contribution >= 0.6 is 0 Å². The first-order valence-electron chi connectivity index (χ1n) is 8.64. The zero-order valence-electron chi connectivity index (χ0n) is 15.1. The van der Waals surface area contributed by atoms with Crippen LogP contribution in [0.5, 0.6) is 0 Å². The zero-order valence-corrected chi connectivity index (χ0v) is 15.1. The minimum absolute atomic E-state index is 0.242. The summed E-state index contributed by atoms with van der Waals surface area (Å²) in [6, 6.07) is 12.4. The highest BCUT2D eigenvalue weighted by atomic mass is 16.3. The second-order valence-electron chi connectivity index (χ2n) is 7.91. The maximum absolute atomic E-state index is 5.82. The number of hydrogen-bond donors (Lipinski definition) is 0. The van der Waals surface area contributed by atoms with Gasteiger partial charge in [0.25, 0.3) is 0 Å². The van der Waals surface area contributed by atoms with Crippen LogP contribution in [0.3, 0.4) is 0 Å². The summed E-state index contributed by atoms with van der Waals surface area (Å²) in [5.41, 5.74) is 6.35. The van der Waals surface area contributed by atoms with E-state index in [-0.39, 0.29) is 5.41 Å². The van der Waals surface area contributed by atoms with Gasteiger partial charge in [0.15, 0.2) is 0 Å². The Balaban J connectivity index is 1.84. The molecule has 0 aliphatic rings. The molecule has 4 aromatic rings. The molecule has 0 saturated carbocycles. The first kappa shape index (κ1) is 15.8. The topological polar surface area (TPSA) is 38.9 Å². The van der Waals surface area contributed by atoms with Gasteiger partial charge < -0.3 is 4.42 Å². The average molecular weight is 330 g/mol. The Morgan fingerprint density at radius 2 is 1.76 bits per heavy atom.